The van der Waals surface area contributed by atoms with E-state index in [0.29, 0.717) is 44.5 Å². The Balaban J connectivity index is 2.33. The molecule has 0 spiro atoms. The molecule has 8 heteroatoms. The number of unbranched alkanes of at least 4 members (excludes halogenated alkanes) is 16. The Bertz CT molecular complexity index is 878. The molecule has 1 heterocycles. The second-order valence-electron chi connectivity index (χ2n) is 18.0. The summed E-state index contributed by atoms with van der Waals surface area (Å²) in [6, 6.07) is 0. The van der Waals surface area contributed by atoms with Gasteiger partial charge in [0.1, 0.15) is 0 Å². The highest BCUT2D eigenvalue weighted by Crippen LogP contribution is 2.24. The minimum Gasteiger partial charge on any atom is -0.466 e. The molecule has 1 rings (SSSR count). The Morgan fingerprint density at radius 1 is 0.441 bits per heavy atom. The third-order valence-electron chi connectivity index (χ3n) is 12.6. The number of carbonyl (C=O) groups is 3. The van der Waals surface area contributed by atoms with E-state index in [1.807, 2.05) is 0 Å². The lowest BCUT2D eigenvalue weighted by atomic mass is 9.92. The number of esters is 3. The molecule has 0 unspecified atom stereocenters. The topological polar surface area (TPSA) is 91.4 Å². The number of morpholine rings is 1. The van der Waals surface area contributed by atoms with E-state index in [-0.39, 0.29) is 23.8 Å². The molecule has 0 aromatic rings. The van der Waals surface area contributed by atoms with Crippen molar-refractivity contribution in [1.82, 2.24) is 4.90 Å². The molecule has 0 aliphatic carbocycles. The van der Waals surface area contributed by atoms with Crippen molar-refractivity contribution in [2.45, 2.75) is 240 Å². The number of rotatable bonds is 43. The number of carbonyl (C=O) groups excluding carboxylic acids is 3. The molecule has 0 radical (unpaired) electrons. The van der Waals surface area contributed by atoms with Gasteiger partial charge in [0.15, 0.2) is 0 Å². The Morgan fingerprint density at radius 2 is 0.831 bits per heavy atom. The second kappa shape index (κ2) is 41.7. The quantitative estimate of drug-likeness (QED) is 0.0341. The van der Waals surface area contributed by atoms with Crippen molar-refractivity contribution in [3.63, 3.8) is 0 Å². The van der Waals surface area contributed by atoms with Gasteiger partial charge in [0.05, 0.1) is 39.0 Å². The second-order valence-corrected chi connectivity index (χ2v) is 18.0. The average molecular weight is 836 g/mol. The van der Waals surface area contributed by atoms with Crippen molar-refractivity contribution in [3.05, 3.63) is 0 Å². The van der Waals surface area contributed by atoms with Crippen molar-refractivity contribution in [3.8, 4) is 0 Å². The summed E-state index contributed by atoms with van der Waals surface area (Å²) < 4.78 is 22.6. The van der Waals surface area contributed by atoms with Gasteiger partial charge in [0, 0.05) is 32.5 Å². The van der Waals surface area contributed by atoms with Crippen molar-refractivity contribution in [2.24, 2.45) is 17.8 Å². The van der Waals surface area contributed by atoms with Gasteiger partial charge in [-0.05, 0) is 56.8 Å². The summed E-state index contributed by atoms with van der Waals surface area (Å²) in [5.41, 5.74) is 0. The van der Waals surface area contributed by atoms with Crippen LogP contribution in [0.2, 0.25) is 0 Å². The van der Waals surface area contributed by atoms with Crippen molar-refractivity contribution >= 4 is 17.9 Å². The molecular weight excluding hydrogens is 739 g/mol. The molecule has 8 nitrogen and oxygen atoms in total. The minimum atomic E-state index is -0.0520. The summed E-state index contributed by atoms with van der Waals surface area (Å²) in [6.07, 6.45) is 36.2. The summed E-state index contributed by atoms with van der Waals surface area (Å²) in [5.74, 6) is 1.20. The van der Waals surface area contributed by atoms with E-state index in [1.165, 1.54) is 103 Å². The van der Waals surface area contributed by atoms with Gasteiger partial charge in [0.2, 0.25) is 0 Å². The zero-order valence-corrected chi connectivity index (χ0v) is 39.5. The van der Waals surface area contributed by atoms with Crippen LogP contribution < -0.4 is 0 Å². The monoisotopic (exact) mass is 836 g/mol. The Morgan fingerprint density at radius 3 is 1.25 bits per heavy atom. The van der Waals surface area contributed by atoms with E-state index < -0.39 is 0 Å². The lowest BCUT2D eigenvalue weighted by Gasteiger charge is -2.26. The molecule has 1 aliphatic heterocycles. The number of hydrogen-bond acceptors (Lipinski definition) is 8. The van der Waals surface area contributed by atoms with Gasteiger partial charge in [-0.1, -0.05) is 182 Å². The molecule has 1 aliphatic rings. The van der Waals surface area contributed by atoms with Gasteiger partial charge in [-0.15, -0.1) is 0 Å². The highest BCUT2D eigenvalue weighted by molar-refractivity contribution is 5.72. The molecule has 348 valence electrons. The van der Waals surface area contributed by atoms with Crippen LogP contribution in [-0.4, -0.2) is 75.5 Å². The highest BCUT2D eigenvalue weighted by Gasteiger charge is 2.20. The van der Waals surface area contributed by atoms with Gasteiger partial charge in [-0.3, -0.25) is 19.3 Å². The number of hydrogen-bond donors (Lipinski definition) is 0. The van der Waals surface area contributed by atoms with E-state index in [4.69, 9.17) is 18.9 Å². The standard InChI is InChI=1S/C51H97NO7/c1-5-9-19-28-46(29-20-10-6-2)36-42-57-49(53)34-25-17-13-15-23-32-48(51(55)59-41-27-38-52-39-44-56-45-40-52)33-24-16-14-18-26-35-50(54)58-43-37-47(30-21-11-7-3)31-22-12-8-4/h46-48H,5-45H2,1-4H3. The summed E-state index contributed by atoms with van der Waals surface area (Å²) in [6.45, 7) is 15.1. The van der Waals surface area contributed by atoms with Gasteiger partial charge >= 0.3 is 17.9 Å². The maximum atomic E-state index is 13.2. The van der Waals surface area contributed by atoms with Crippen LogP contribution in [0, 0.1) is 17.8 Å². The van der Waals surface area contributed by atoms with Gasteiger partial charge in [-0.25, -0.2) is 0 Å². The molecule has 0 N–H and O–H groups in total. The van der Waals surface area contributed by atoms with Gasteiger partial charge < -0.3 is 18.9 Å². The van der Waals surface area contributed by atoms with Crippen LogP contribution in [0.4, 0.5) is 0 Å². The molecule has 0 aromatic carbocycles. The van der Waals surface area contributed by atoms with Crippen LogP contribution in [0.5, 0.6) is 0 Å². The van der Waals surface area contributed by atoms with Crippen LogP contribution in [0.15, 0.2) is 0 Å². The van der Waals surface area contributed by atoms with Crippen LogP contribution in [0.1, 0.15) is 240 Å². The SMILES string of the molecule is CCCCCC(CCCCC)CCOC(=O)CCCCCCCC(CCCCCCCC(=O)OCCC(CCCCC)CCCCC)C(=O)OCCCN1CCOCC1. The summed E-state index contributed by atoms with van der Waals surface area (Å²) in [5, 5.41) is 0. The van der Waals surface area contributed by atoms with Crippen LogP contribution in [0.25, 0.3) is 0 Å². The van der Waals surface area contributed by atoms with Crippen molar-refractivity contribution in [1.29, 1.82) is 0 Å². The molecule has 0 aromatic heterocycles. The predicted molar refractivity (Wildman–Crippen MR) is 246 cm³/mol. The average Bonchev–Trinajstić information content (AvgIpc) is 3.24. The van der Waals surface area contributed by atoms with E-state index in [9.17, 15) is 14.4 Å². The minimum absolute atomic E-state index is 0.0339. The first-order valence-electron chi connectivity index (χ1n) is 25.7. The zero-order valence-electron chi connectivity index (χ0n) is 39.5. The molecule has 59 heavy (non-hydrogen) atoms. The van der Waals surface area contributed by atoms with E-state index in [0.717, 1.165) is 129 Å². The van der Waals surface area contributed by atoms with E-state index >= 15 is 0 Å². The molecule has 1 fully saturated rings. The van der Waals surface area contributed by atoms with Gasteiger partial charge in [-0.2, -0.15) is 0 Å². The Labute approximate surface area is 365 Å². The van der Waals surface area contributed by atoms with E-state index in [2.05, 4.69) is 32.6 Å². The maximum Gasteiger partial charge on any atom is 0.308 e. The van der Waals surface area contributed by atoms with Crippen molar-refractivity contribution in [2.75, 3.05) is 52.7 Å². The predicted octanol–water partition coefficient (Wildman–Crippen LogP) is 13.7. The Hall–Kier alpha value is -1.67. The lowest BCUT2D eigenvalue weighted by molar-refractivity contribution is -0.149. The molecule has 0 saturated carbocycles. The summed E-state index contributed by atoms with van der Waals surface area (Å²) >= 11 is 0. The highest BCUT2D eigenvalue weighted by atomic mass is 16.5. The first kappa shape index (κ1) is 55.3. The third kappa shape index (κ3) is 34.6. The fraction of sp³-hybridized carbons (Fsp3) is 0.941. The summed E-state index contributed by atoms with van der Waals surface area (Å²) in [7, 11) is 0. The molecule has 0 atom stereocenters. The Kier molecular flexibility index (Phi) is 39.1. The number of ether oxygens (including phenoxy) is 4. The first-order chi connectivity index (χ1) is 28.9. The number of nitrogens with zero attached hydrogens (tertiary/aromatic N) is 1. The first-order valence-corrected chi connectivity index (χ1v) is 25.7. The lowest BCUT2D eigenvalue weighted by Crippen LogP contribution is -2.37. The largest absolute Gasteiger partial charge is 0.466 e. The van der Waals surface area contributed by atoms with Crippen LogP contribution >= 0.6 is 0 Å². The third-order valence-corrected chi connectivity index (χ3v) is 12.6. The van der Waals surface area contributed by atoms with E-state index in [1.54, 1.807) is 0 Å². The molecular formula is C51H97NO7. The normalized spacial score (nSPS) is 13.5. The van der Waals surface area contributed by atoms with Crippen molar-refractivity contribution < 1.29 is 33.3 Å². The molecule has 1 saturated heterocycles. The zero-order chi connectivity index (χ0) is 42.9. The summed E-state index contributed by atoms with van der Waals surface area (Å²) in [4.78, 5) is 40.5. The smallest absolute Gasteiger partial charge is 0.308 e. The van der Waals surface area contributed by atoms with Crippen LogP contribution in [-0.2, 0) is 33.3 Å². The molecule has 0 bridgehead atoms. The van der Waals surface area contributed by atoms with Crippen LogP contribution in [0.3, 0.4) is 0 Å². The maximum absolute atomic E-state index is 13.2. The molecule has 0 amide bonds. The van der Waals surface area contributed by atoms with Gasteiger partial charge in [0.25, 0.3) is 0 Å². The fourth-order valence-electron chi connectivity index (χ4n) is 8.59. The fourth-order valence-corrected chi connectivity index (χ4v) is 8.59.